The SMILES string of the molecule is CN(C(=O)C1(N(C=O)Cc2nnc(Br)s2)CC1)C(c1ccc(-c2ccc(F)cc2)cc1F)C(F)(F)F. The van der Waals surface area contributed by atoms with E-state index in [1.54, 1.807) is 0 Å². The van der Waals surface area contributed by atoms with E-state index in [0.717, 1.165) is 47.5 Å². The van der Waals surface area contributed by atoms with Crippen LogP contribution in [-0.2, 0) is 16.1 Å². The molecule has 1 aliphatic carbocycles. The Labute approximate surface area is 214 Å². The number of nitrogens with zero attached hydrogens (tertiary/aromatic N) is 4. The Balaban J connectivity index is 1.63. The number of carbonyl (C=O) groups excluding carboxylic acids is 2. The highest BCUT2D eigenvalue weighted by molar-refractivity contribution is 9.11. The second kappa shape index (κ2) is 9.85. The van der Waals surface area contributed by atoms with Gasteiger partial charge in [-0.25, -0.2) is 8.78 Å². The van der Waals surface area contributed by atoms with Gasteiger partial charge in [-0.05, 0) is 58.1 Å². The summed E-state index contributed by atoms with van der Waals surface area (Å²) in [6.45, 7) is -0.107. The van der Waals surface area contributed by atoms with Crippen molar-refractivity contribution < 1.29 is 31.5 Å². The molecule has 1 unspecified atom stereocenters. The number of hydrogen-bond donors (Lipinski definition) is 0. The van der Waals surface area contributed by atoms with Gasteiger partial charge in [0.05, 0.1) is 6.54 Å². The van der Waals surface area contributed by atoms with Gasteiger partial charge < -0.3 is 9.80 Å². The maximum atomic E-state index is 15.0. The van der Waals surface area contributed by atoms with Crippen LogP contribution < -0.4 is 0 Å². The highest BCUT2D eigenvalue weighted by Gasteiger charge is 2.59. The zero-order valence-corrected chi connectivity index (χ0v) is 21.0. The molecule has 36 heavy (non-hydrogen) atoms. The third-order valence-corrected chi connectivity index (χ3v) is 7.38. The van der Waals surface area contributed by atoms with E-state index in [-0.39, 0.29) is 24.9 Å². The van der Waals surface area contributed by atoms with Gasteiger partial charge in [-0.15, -0.1) is 10.2 Å². The van der Waals surface area contributed by atoms with Crippen LogP contribution in [0.1, 0.15) is 29.5 Å². The fraction of sp³-hybridized carbons (Fsp3) is 0.304. The van der Waals surface area contributed by atoms with Crippen LogP contribution in [0.3, 0.4) is 0 Å². The van der Waals surface area contributed by atoms with Crippen molar-refractivity contribution in [2.45, 2.75) is 37.1 Å². The summed E-state index contributed by atoms with van der Waals surface area (Å²) in [5.74, 6) is -2.64. The van der Waals surface area contributed by atoms with Crippen molar-refractivity contribution in [3.05, 3.63) is 68.6 Å². The maximum absolute atomic E-state index is 15.0. The molecular formula is C23H18BrF5N4O2S. The molecule has 2 amide bonds. The van der Waals surface area contributed by atoms with E-state index in [2.05, 4.69) is 26.1 Å². The molecule has 1 heterocycles. The summed E-state index contributed by atoms with van der Waals surface area (Å²) < 4.78 is 71.3. The minimum Gasteiger partial charge on any atom is -0.328 e. The van der Waals surface area contributed by atoms with Gasteiger partial charge in [0.1, 0.15) is 22.2 Å². The lowest BCUT2D eigenvalue weighted by atomic mass is 9.98. The molecule has 0 radical (unpaired) electrons. The molecule has 1 saturated carbocycles. The third-order valence-electron chi connectivity index (χ3n) is 6.04. The molecule has 6 nitrogen and oxygen atoms in total. The van der Waals surface area contributed by atoms with E-state index < -0.39 is 40.9 Å². The quantitative estimate of drug-likeness (QED) is 0.257. The predicted molar refractivity (Wildman–Crippen MR) is 125 cm³/mol. The van der Waals surface area contributed by atoms with E-state index in [9.17, 15) is 27.2 Å². The van der Waals surface area contributed by atoms with E-state index in [0.29, 0.717) is 25.8 Å². The molecule has 1 aliphatic rings. The van der Waals surface area contributed by atoms with Crippen molar-refractivity contribution in [3.8, 4) is 11.1 Å². The summed E-state index contributed by atoms with van der Waals surface area (Å²) in [7, 11) is 0.943. The van der Waals surface area contributed by atoms with Crippen molar-refractivity contribution in [1.29, 1.82) is 0 Å². The number of amides is 2. The Morgan fingerprint density at radius 1 is 1.14 bits per heavy atom. The largest absolute Gasteiger partial charge is 0.413 e. The lowest BCUT2D eigenvalue weighted by Crippen LogP contribution is -2.52. The minimum absolute atomic E-state index is 0.107. The second-order valence-corrected chi connectivity index (χ2v) is 10.7. The Morgan fingerprint density at radius 3 is 2.28 bits per heavy atom. The van der Waals surface area contributed by atoms with Crippen molar-refractivity contribution in [1.82, 2.24) is 20.0 Å². The summed E-state index contributed by atoms with van der Waals surface area (Å²) in [5.41, 5.74) is -1.56. The van der Waals surface area contributed by atoms with E-state index in [1.165, 1.54) is 18.2 Å². The van der Waals surface area contributed by atoms with Gasteiger partial charge in [-0.3, -0.25) is 9.59 Å². The molecule has 1 fully saturated rings. The maximum Gasteiger partial charge on any atom is 0.413 e. The van der Waals surface area contributed by atoms with Gasteiger partial charge in [0.15, 0.2) is 9.96 Å². The average molecular weight is 589 g/mol. The van der Waals surface area contributed by atoms with Crippen molar-refractivity contribution in [3.63, 3.8) is 0 Å². The second-order valence-electron chi connectivity index (χ2n) is 8.32. The van der Waals surface area contributed by atoms with Crippen molar-refractivity contribution in [2.24, 2.45) is 0 Å². The number of carbonyl (C=O) groups is 2. The zero-order valence-electron chi connectivity index (χ0n) is 18.6. The molecule has 2 aromatic carbocycles. The fourth-order valence-corrected chi connectivity index (χ4v) is 5.30. The van der Waals surface area contributed by atoms with Gasteiger partial charge >= 0.3 is 6.18 Å². The minimum atomic E-state index is -5.01. The van der Waals surface area contributed by atoms with Gasteiger partial charge in [0.25, 0.3) is 0 Å². The molecule has 0 bridgehead atoms. The number of halogens is 6. The topological polar surface area (TPSA) is 66.4 Å². The van der Waals surface area contributed by atoms with Crippen LogP contribution in [0.15, 0.2) is 46.4 Å². The average Bonchev–Trinajstić information content (AvgIpc) is 3.53. The highest BCUT2D eigenvalue weighted by atomic mass is 79.9. The van der Waals surface area contributed by atoms with Gasteiger partial charge in [-0.1, -0.05) is 35.6 Å². The lowest BCUT2D eigenvalue weighted by molar-refractivity contribution is -0.192. The fourth-order valence-electron chi connectivity index (χ4n) is 4.10. The van der Waals surface area contributed by atoms with Crippen LogP contribution in [-0.4, -0.2) is 51.1 Å². The van der Waals surface area contributed by atoms with E-state index in [4.69, 9.17) is 0 Å². The number of rotatable bonds is 8. The van der Waals surface area contributed by atoms with Gasteiger partial charge in [-0.2, -0.15) is 13.2 Å². The monoisotopic (exact) mass is 588 g/mol. The Hall–Kier alpha value is -2.93. The number of likely N-dealkylation sites (N-methyl/N-ethyl adjacent to an activating group) is 1. The molecule has 13 heteroatoms. The zero-order chi connectivity index (χ0) is 26.3. The van der Waals surface area contributed by atoms with Gasteiger partial charge in [0.2, 0.25) is 12.3 Å². The third kappa shape index (κ3) is 5.12. The van der Waals surface area contributed by atoms with Crippen LogP contribution in [0.5, 0.6) is 0 Å². The van der Waals surface area contributed by atoms with Crippen molar-refractivity contribution >= 4 is 39.6 Å². The molecule has 190 valence electrons. The molecule has 0 N–H and O–H groups in total. The van der Waals surface area contributed by atoms with E-state index in [1.807, 2.05) is 0 Å². The number of hydrogen-bond acceptors (Lipinski definition) is 5. The van der Waals surface area contributed by atoms with Crippen molar-refractivity contribution in [2.75, 3.05) is 7.05 Å². The molecule has 1 atom stereocenters. The predicted octanol–water partition coefficient (Wildman–Crippen LogP) is 5.50. The number of alkyl halides is 3. The normalized spacial score (nSPS) is 15.3. The molecule has 4 rings (SSSR count). The Morgan fingerprint density at radius 2 is 1.78 bits per heavy atom. The molecule has 0 aliphatic heterocycles. The van der Waals surface area contributed by atoms with Gasteiger partial charge in [0, 0.05) is 12.6 Å². The van der Waals surface area contributed by atoms with Crippen LogP contribution in [0.2, 0.25) is 0 Å². The first-order valence-electron chi connectivity index (χ1n) is 10.6. The molecule has 1 aromatic heterocycles. The molecule has 0 spiro atoms. The number of benzene rings is 2. The first kappa shape index (κ1) is 26.1. The molecular weight excluding hydrogens is 571 g/mol. The van der Waals surface area contributed by atoms with E-state index >= 15 is 4.39 Å². The highest BCUT2D eigenvalue weighted by Crippen LogP contribution is 2.47. The summed E-state index contributed by atoms with van der Waals surface area (Å²) >= 11 is 4.27. The first-order valence-corrected chi connectivity index (χ1v) is 12.2. The Kier molecular flexibility index (Phi) is 7.15. The first-order chi connectivity index (χ1) is 17.0. The van der Waals surface area contributed by atoms with Crippen LogP contribution in [0.25, 0.3) is 11.1 Å². The summed E-state index contributed by atoms with van der Waals surface area (Å²) in [4.78, 5) is 26.7. The summed E-state index contributed by atoms with van der Waals surface area (Å²) in [5, 5.41) is 8.03. The summed E-state index contributed by atoms with van der Waals surface area (Å²) in [6, 6.07) is 5.63. The van der Waals surface area contributed by atoms with Crippen LogP contribution in [0.4, 0.5) is 22.0 Å². The lowest BCUT2D eigenvalue weighted by Gasteiger charge is -2.36. The standard InChI is InChI=1S/C23H18BrF5N4O2S/c1-32(20(35)22(8-9-22)33(12-34)11-18-30-31-21(24)36-18)19(23(27,28)29)16-7-4-14(10-17(16)26)13-2-5-15(25)6-3-13/h2-7,10,12,19H,8-9,11H2,1H3. The molecule has 3 aromatic rings. The smallest absolute Gasteiger partial charge is 0.328 e. The Bertz CT molecular complexity index is 1280. The summed E-state index contributed by atoms with van der Waals surface area (Å²) in [6.07, 6.45) is -4.29. The molecule has 0 saturated heterocycles. The number of aromatic nitrogens is 2. The van der Waals surface area contributed by atoms with Crippen LogP contribution in [0, 0.1) is 11.6 Å². The van der Waals surface area contributed by atoms with Crippen LogP contribution >= 0.6 is 27.3 Å².